The molecule has 1 N–H and O–H groups in total. The molecule has 0 saturated carbocycles. The summed E-state index contributed by atoms with van der Waals surface area (Å²) in [5, 5.41) is 14.2. The van der Waals surface area contributed by atoms with Crippen LogP contribution in [-0.4, -0.2) is 40.9 Å². The van der Waals surface area contributed by atoms with Gasteiger partial charge in [-0.25, -0.2) is 8.42 Å². The summed E-state index contributed by atoms with van der Waals surface area (Å²) < 4.78 is 23.9. The van der Waals surface area contributed by atoms with Crippen molar-refractivity contribution in [3.8, 4) is 0 Å². The van der Waals surface area contributed by atoms with Gasteiger partial charge in [0.15, 0.2) is 14.9 Å². The molecule has 0 amide bonds. The van der Waals surface area contributed by atoms with Gasteiger partial charge in [0.1, 0.15) is 0 Å². The highest BCUT2D eigenvalue weighted by Gasteiger charge is 2.33. The van der Waals surface area contributed by atoms with Crippen molar-refractivity contribution in [1.29, 1.82) is 0 Å². The molecule has 1 aliphatic heterocycles. The smallest absolute Gasteiger partial charge is 0.269 e. The second kappa shape index (κ2) is 8.01. The molecule has 9 heteroatoms. The van der Waals surface area contributed by atoms with Crippen LogP contribution in [0.15, 0.2) is 54.6 Å². The lowest BCUT2D eigenvalue weighted by Gasteiger charge is -2.31. The topological polar surface area (TPSA) is 92.6 Å². The van der Waals surface area contributed by atoms with Gasteiger partial charge in [-0.05, 0) is 36.3 Å². The van der Waals surface area contributed by atoms with E-state index in [0.29, 0.717) is 23.8 Å². The van der Waals surface area contributed by atoms with Crippen LogP contribution in [0.2, 0.25) is 0 Å². The number of thiocarbonyl (C=S) groups is 1. The molecule has 142 valence electrons. The van der Waals surface area contributed by atoms with E-state index in [-0.39, 0.29) is 23.2 Å². The summed E-state index contributed by atoms with van der Waals surface area (Å²) in [6.45, 7) is 0.486. The van der Waals surface area contributed by atoms with E-state index in [1.807, 2.05) is 35.2 Å². The number of benzene rings is 2. The molecule has 0 radical (unpaired) electrons. The molecular formula is C18H19N3O4S2. The van der Waals surface area contributed by atoms with Crippen molar-refractivity contribution in [3.63, 3.8) is 0 Å². The lowest BCUT2D eigenvalue weighted by atomic mass is 10.1. The normalized spacial score (nSPS) is 18.0. The maximum absolute atomic E-state index is 11.9. The van der Waals surface area contributed by atoms with Crippen molar-refractivity contribution >= 4 is 38.5 Å². The Morgan fingerprint density at radius 3 is 2.41 bits per heavy atom. The van der Waals surface area contributed by atoms with E-state index >= 15 is 0 Å². The van der Waals surface area contributed by atoms with E-state index in [9.17, 15) is 18.5 Å². The van der Waals surface area contributed by atoms with E-state index in [4.69, 9.17) is 12.2 Å². The summed E-state index contributed by atoms with van der Waals surface area (Å²) in [7, 11) is -3.06. The Labute approximate surface area is 163 Å². The lowest BCUT2D eigenvalue weighted by Crippen LogP contribution is -2.42. The number of nitro benzene ring substituents is 1. The third kappa shape index (κ3) is 5.01. The molecule has 0 aliphatic carbocycles. The highest BCUT2D eigenvalue weighted by atomic mass is 32.2. The predicted molar refractivity (Wildman–Crippen MR) is 108 cm³/mol. The standard InChI is InChI=1S/C18H19N3O4S2/c22-21(23)16-8-6-15(7-9-16)19-18(26)20(12-14-4-2-1-3-5-14)17-10-11-27(24,25)13-17/h1-9,17H,10-13H2,(H,19,26)/t17-/m0/s1. The predicted octanol–water partition coefficient (Wildman–Crippen LogP) is 2.98. The first-order valence-corrected chi connectivity index (χ1v) is 10.6. The van der Waals surface area contributed by atoms with Crippen LogP contribution >= 0.6 is 12.2 Å². The number of nitro groups is 1. The van der Waals surface area contributed by atoms with Crippen LogP contribution in [0.25, 0.3) is 0 Å². The fourth-order valence-corrected chi connectivity index (χ4v) is 5.09. The van der Waals surface area contributed by atoms with Crippen LogP contribution in [-0.2, 0) is 16.4 Å². The minimum Gasteiger partial charge on any atom is -0.341 e. The van der Waals surface area contributed by atoms with Crippen molar-refractivity contribution < 1.29 is 13.3 Å². The number of sulfone groups is 1. The molecule has 1 atom stereocenters. The first-order valence-electron chi connectivity index (χ1n) is 8.40. The minimum absolute atomic E-state index is 0.00510. The van der Waals surface area contributed by atoms with Crippen molar-refractivity contribution in [1.82, 2.24) is 4.90 Å². The van der Waals surface area contributed by atoms with Crippen LogP contribution in [0.5, 0.6) is 0 Å². The average molecular weight is 406 g/mol. The van der Waals surface area contributed by atoms with Crippen LogP contribution < -0.4 is 5.32 Å². The van der Waals surface area contributed by atoms with Crippen molar-refractivity contribution in [2.24, 2.45) is 0 Å². The Balaban J connectivity index is 1.78. The van der Waals surface area contributed by atoms with Crippen molar-refractivity contribution in [2.75, 3.05) is 16.8 Å². The summed E-state index contributed by atoms with van der Waals surface area (Å²) >= 11 is 5.54. The SMILES string of the molecule is O=[N+]([O-])c1ccc(NC(=S)N(Cc2ccccc2)[C@H]2CCS(=O)(=O)C2)cc1. The van der Waals surface area contributed by atoms with Gasteiger partial charge in [0, 0.05) is 30.4 Å². The van der Waals surface area contributed by atoms with Crippen LogP contribution in [0.3, 0.4) is 0 Å². The number of anilines is 1. The van der Waals surface area contributed by atoms with Crippen LogP contribution in [0.4, 0.5) is 11.4 Å². The molecule has 0 bridgehead atoms. The van der Waals surface area contributed by atoms with Gasteiger partial charge in [-0.1, -0.05) is 30.3 Å². The van der Waals surface area contributed by atoms with Gasteiger partial charge in [-0.2, -0.15) is 0 Å². The maximum atomic E-state index is 11.9. The summed E-state index contributed by atoms with van der Waals surface area (Å²) in [6, 6.07) is 15.4. The molecule has 3 rings (SSSR count). The van der Waals surface area contributed by atoms with Crippen molar-refractivity contribution in [3.05, 3.63) is 70.3 Å². The molecular weight excluding hydrogens is 386 g/mol. The molecule has 0 unspecified atom stereocenters. The Morgan fingerprint density at radius 1 is 1.19 bits per heavy atom. The Hall–Kier alpha value is -2.52. The van der Waals surface area contributed by atoms with Crippen molar-refractivity contribution in [2.45, 2.75) is 19.0 Å². The third-order valence-electron chi connectivity index (χ3n) is 4.44. The fourth-order valence-electron chi connectivity index (χ4n) is 3.03. The molecule has 27 heavy (non-hydrogen) atoms. The Kier molecular flexibility index (Phi) is 5.71. The number of nitrogens with zero attached hydrogens (tertiary/aromatic N) is 2. The summed E-state index contributed by atoms with van der Waals surface area (Å²) in [5.74, 6) is 0.227. The largest absolute Gasteiger partial charge is 0.341 e. The molecule has 1 heterocycles. The average Bonchev–Trinajstić information content (AvgIpc) is 3.00. The summed E-state index contributed by atoms with van der Waals surface area (Å²) in [6.07, 6.45) is 0.525. The highest BCUT2D eigenvalue weighted by Crippen LogP contribution is 2.22. The molecule has 0 aromatic heterocycles. The van der Waals surface area contributed by atoms with Gasteiger partial charge in [-0.3, -0.25) is 10.1 Å². The first-order chi connectivity index (χ1) is 12.8. The number of nitrogens with one attached hydrogen (secondary N) is 1. The van der Waals surface area contributed by atoms with Gasteiger partial charge in [0.05, 0.1) is 16.4 Å². The van der Waals surface area contributed by atoms with Gasteiger partial charge in [-0.15, -0.1) is 0 Å². The Morgan fingerprint density at radius 2 is 1.85 bits per heavy atom. The molecule has 2 aromatic carbocycles. The molecule has 7 nitrogen and oxygen atoms in total. The van der Waals surface area contributed by atoms with Gasteiger partial charge >= 0.3 is 0 Å². The zero-order valence-corrected chi connectivity index (χ0v) is 16.1. The van der Waals surface area contributed by atoms with Crippen LogP contribution in [0, 0.1) is 10.1 Å². The number of rotatable bonds is 5. The Bertz CT molecular complexity index is 931. The molecule has 1 fully saturated rings. The quantitative estimate of drug-likeness (QED) is 0.464. The molecule has 2 aromatic rings. The van der Waals surface area contributed by atoms with Crippen LogP contribution in [0.1, 0.15) is 12.0 Å². The van der Waals surface area contributed by atoms with E-state index < -0.39 is 14.8 Å². The lowest BCUT2D eigenvalue weighted by molar-refractivity contribution is -0.384. The van der Waals surface area contributed by atoms with Gasteiger partial charge in [0.2, 0.25) is 0 Å². The molecule has 1 aliphatic rings. The zero-order valence-electron chi connectivity index (χ0n) is 14.4. The third-order valence-corrected chi connectivity index (χ3v) is 6.52. The van der Waals surface area contributed by atoms with Gasteiger partial charge < -0.3 is 10.2 Å². The monoisotopic (exact) mass is 405 g/mol. The van der Waals surface area contributed by atoms with E-state index in [0.717, 1.165) is 5.56 Å². The second-order valence-electron chi connectivity index (χ2n) is 6.40. The first kappa shape index (κ1) is 19.2. The second-order valence-corrected chi connectivity index (χ2v) is 9.02. The maximum Gasteiger partial charge on any atom is 0.269 e. The summed E-state index contributed by atoms with van der Waals surface area (Å²) in [5.41, 5.74) is 1.63. The van der Waals surface area contributed by atoms with Gasteiger partial charge in [0.25, 0.3) is 5.69 Å². The minimum atomic E-state index is -3.06. The number of hydrogen-bond donors (Lipinski definition) is 1. The zero-order chi connectivity index (χ0) is 19.4. The highest BCUT2D eigenvalue weighted by molar-refractivity contribution is 7.91. The number of hydrogen-bond acceptors (Lipinski definition) is 5. The molecule has 0 spiro atoms. The summed E-state index contributed by atoms with van der Waals surface area (Å²) in [4.78, 5) is 12.2. The van der Waals surface area contributed by atoms with E-state index in [1.165, 1.54) is 12.1 Å². The van der Waals surface area contributed by atoms with E-state index in [1.54, 1.807) is 12.1 Å². The fraction of sp³-hybridized carbons (Fsp3) is 0.278. The van der Waals surface area contributed by atoms with E-state index in [2.05, 4.69) is 5.32 Å². The number of non-ortho nitro benzene ring substituents is 1. The molecule has 1 saturated heterocycles.